The molecule has 0 unspecified atom stereocenters. The van der Waals surface area contributed by atoms with Gasteiger partial charge in [0.2, 0.25) is 5.69 Å². The Balaban J connectivity index is 2.55. The number of H-pyrrole nitrogens is 1. The van der Waals surface area contributed by atoms with Crippen molar-refractivity contribution >= 4 is 45.2 Å². The van der Waals surface area contributed by atoms with Crippen LogP contribution < -0.4 is 10.3 Å². The molecular weight excluding hydrogens is 410 g/mol. The van der Waals surface area contributed by atoms with E-state index in [1.54, 1.807) is 4.68 Å². The molecule has 1 aromatic carbocycles. The van der Waals surface area contributed by atoms with Crippen LogP contribution in [0, 0.1) is 7.27 Å². The summed E-state index contributed by atoms with van der Waals surface area (Å²) in [6.07, 6.45) is 0. The van der Waals surface area contributed by atoms with Gasteiger partial charge in [-0.25, -0.2) is 4.79 Å². The van der Waals surface area contributed by atoms with Crippen molar-refractivity contribution in [2.75, 3.05) is 0 Å². The fourth-order valence-corrected chi connectivity index (χ4v) is 1.86. The maximum atomic E-state index is 11.1. The molecule has 6 heteroatoms. The van der Waals surface area contributed by atoms with E-state index in [9.17, 15) is 4.79 Å². The van der Waals surface area contributed by atoms with Crippen LogP contribution in [0.4, 0.5) is 0 Å². The predicted octanol–water partition coefficient (Wildman–Crippen LogP) is 1.45. The molecular formula is C8H5I2N2O2+. The second-order valence-electron chi connectivity index (χ2n) is 2.58. The third kappa shape index (κ3) is 1.85. The van der Waals surface area contributed by atoms with E-state index < -0.39 is 0 Å². The van der Waals surface area contributed by atoms with Crippen molar-refractivity contribution in [3.05, 3.63) is 42.0 Å². The topological polar surface area (TPSA) is 49.9 Å². The lowest BCUT2D eigenvalue weighted by Gasteiger charge is -1.90. The van der Waals surface area contributed by atoms with Gasteiger partial charge >= 0.3 is 9.33 Å². The average Bonchev–Trinajstić information content (AvgIpc) is 2.50. The van der Waals surface area contributed by atoms with Gasteiger partial charge in [-0.15, -0.1) is 0 Å². The summed E-state index contributed by atoms with van der Waals surface area (Å²) >= 11 is 4.16. The third-order valence-corrected chi connectivity index (χ3v) is 3.32. The first kappa shape index (κ1) is 10.1. The molecule has 2 rings (SSSR count). The van der Waals surface area contributed by atoms with Gasteiger partial charge in [-0.3, -0.25) is 4.52 Å². The standard InChI is InChI=1S/C8H4I2N2O2/c9-5-1-3-6(4-2-5)12-7(10)8(13)14-11-12/h1-4H/p+1. The lowest BCUT2D eigenvalue weighted by atomic mass is 10.3. The summed E-state index contributed by atoms with van der Waals surface area (Å²) in [5, 5.41) is 2.53. The van der Waals surface area contributed by atoms with Crippen molar-refractivity contribution in [2.45, 2.75) is 0 Å². The highest BCUT2D eigenvalue weighted by Gasteiger charge is 2.19. The van der Waals surface area contributed by atoms with Gasteiger partial charge in [0.1, 0.15) is 0 Å². The van der Waals surface area contributed by atoms with E-state index in [2.05, 4.69) is 32.4 Å². The van der Waals surface area contributed by atoms with Crippen LogP contribution in [0.2, 0.25) is 0 Å². The highest BCUT2D eigenvalue weighted by molar-refractivity contribution is 14.1. The number of nitrogens with zero attached hydrogens (tertiary/aromatic N) is 1. The molecule has 0 atom stereocenters. The Labute approximate surface area is 107 Å². The number of nitrogens with one attached hydrogen (secondary N) is 1. The first-order valence-electron chi connectivity index (χ1n) is 3.73. The molecule has 0 amide bonds. The van der Waals surface area contributed by atoms with Gasteiger partial charge in [0, 0.05) is 38.3 Å². The number of halogens is 2. The zero-order valence-corrected chi connectivity index (χ0v) is 11.1. The van der Waals surface area contributed by atoms with Gasteiger partial charge in [-0.05, 0) is 44.7 Å². The van der Waals surface area contributed by atoms with Crippen molar-refractivity contribution in [3.8, 4) is 5.69 Å². The van der Waals surface area contributed by atoms with Gasteiger partial charge in [0.25, 0.3) is 0 Å². The summed E-state index contributed by atoms with van der Waals surface area (Å²) in [4.78, 5) is 11.1. The molecule has 0 aliphatic rings. The molecule has 0 saturated heterocycles. The molecule has 14 heavy (non-hydrogen) atoms. The van der Waals surface area contributed by atoms with E-state index in [-0.39, 0.29) is 5.63 Å². The number of rotatable bonds is 1. The largest absolute Gasteiger partial charge is 0.441 e. The Bertz CT molecular complexity index is 501. The Morgan fingerprint density at radius 3 is 2.36 bits per heavy atom. The lowest BCUT2D eigenvalue weighted by Crippen LogP contribution is -2.37. The molecule has 0 aliphatic heterocycles. The predicted molar refractivity (Wildman–Crippen MR) is 66.3 cm³/mol. The van der Waals surface area contributed by atoms with Crippen LogP contribution in [0.3, 0.4) is 0 Å². The smallest absolute Gasteiger partial charge is 0.282 e. The molecule has 0 radical (unpaired) electrons. The first-order valence-corrected chi connectivity index (χ1v) is 5.89. The molecule has 1 aromatic heterocycles. The van der Waals surface area contributed by atoms with Crippen LogP contribution in [0.1, 0.15) is 0 Å². The zero-order valence-electron chi connectivity index (χ0n) is 6.83. The number of benzene rings is 1. The van der Waals surface area contributed by atoms with Gasteiger partial charge in [0.05, 0.1) is 0 Å². The minimum atomic E-state index is -0.357. The molecule has 1 N–H and O–H groups in total. The van der Waals surface area contributed by atoms with E-state index in [1.165, 1.54) is 0 Å². The molecule has 0 fully saturated rings. The normalized spacial score (nSPS) is 10.4. The summed E-state index contributed by atoms with van der Waals surface area (Å²) in [7, 11) is 0. The van der Waals surface area contributed by atoms with E-state index >= 15 is 0 Å². The van der Waals surface area contributed by atoms with Gasteiger partial charge in [-0.1, -0.05) is 0 Å². The number of aromatic nitrogens is 2. The SMILES string of the molecule is O=c1o[nH][n+](-c2ccc(I)cc2)c1I. The Hall–Kier alpha value is -0.380. The zero-order chi connectivity index (χ0) is 10.1. The maximum absolute atomic E-state index is 11.1. The van der Waals surface area contributed by atoms with Crippen LogP contribution in [0.5, 0.6) is 0 Å². The monoisotopic (exact) mass is 415 g/mol. The van der Waals surface area contributed by atoms with Crippen LogP contribution >= 0.6 is 45.2 Å². The Kier molecular flexibility index (Phi) is 2.91. The van der Waals surface area contributed by atoms with Crippen molar-refractivity contribution < 1.29 is 9.20 Å². The third-order valence-electron chi connectivity index (χ3n) is 1.68. The number of hydrogen-bond donors (Lipinski definition) is 1. The van der Waals surface area contributed by atoms with Crippen molar-refractivity contribution in [3.63, 3.8) is 0 Å². The fourth-order valence-electron chi connectivity index (χ4n) is 1.02. The quantitative estimate of drug-likeness (QED) is 0.567. The van der Waals surface area contributed by atoms with E-state index in [0.717, 1.165) is 9.26 Å². The second-order valence-corrected chi connectivity index (χ2v) is 4.85. The Morgan fingerprint density at radius 2 is 1.86 bits per heavy atom. The van der Waals surface area contributed by atoms with E-state index in [4.69, 9.17) is 0 Å². The molecule has 1 heterocycles. The molecule has 72 valence electrons. The summed E-state index contributed by atoms with van der Waals surface area (Å²) < 4.78 is 7.90. The minimum absolute atomic E-state index is 0.357. The number of hydrogen-bond acceptors (Lipinski definition) is 2. The van der Waals surface area contributed by atoms with Crippen LogP contribution in [0.15, 0.2) is 33.6 Å². The molecule has 0 aliphatic carbocycles. The highest BCUT2D eigenvalue weighted by atomic mass is 127. The molecule has 0 bridgehead atoms. The highest BCUT2D eigenvalue weighted by Crippen LogP contribution is 2.06. The Morgan fingerprint density at radius 1 is 1.21 bits per heavy atom. The van der Waals surface area contributed by atoms with Gasteiger partial charge in [-0.2, -0.15) is 0 Å². The van der Waals surface area contributed by atoms with Crippen LogP contribution in [0.25, 0.3) is 5.69 Å². The molecule has 0 spiro atoms. The fraction of sp³-hybridized carbons (Fsp3) is 0. The van der Waals surface area contributed by atoms with E-state index in [1.807, 2.05) is 46.9 Å². The molecule has 0 saturated carbocycles. The van der Waals surface area contributed by atoms with Gasteiger partial charge in [0.15, 0.2) is 0 Å². The maximum Gasteiger partial charge on any atom is 0.441 e. The van der Waals surface area contributed by atoms with Gasteiger partial charge < -0.3 is 0 Å². The average molecular weight is 415 g/mol. The summed E-state index contributed by atoms with van der Waals surface area (Å²) in [6.45, 7) is 0. The van der Waals surface area contributed by atoms with Crippen molar-refractivity contribution in [1.82, 2.24) is 5.27 Å². The first-order chi connectivity index (χ1) is 6.68. The summed E-state index contributed by atoms with van der Waals surface area (Å²) in [6, 6.07) is 7.75. The lowest BCUT2D eigenvalue weighted by molar-refractivity contribution is -0.682. The molecule has 2 aromatic rings. The molecule has 4 nitrogen and oxygen atoms in total. The minimum Gasteiger partial charge on any atom is -0.282 e. The second kappa shape index (κ2) is 4.01. The number of aromatic amines is 1. The van der Waals surface area contributed by atoms with Crippen LogP contribution in [-0.2, 0) is 0 Å². The van der Waals surface area contributed by atoms with Crippen LogP contribution in [-0.4, -0.2) is 5.27 Å². The van der Waals surface area contributed by atoms with E-state index in [0.29, 0.717) is 3.70 Å². The summed E-state index contributed by atoms with van der Waals surface area (Å²) in [5.41, 5.74) is 0.518. The van der Waals surface area contributed by atoms with Crippen molar-refractivity contribution in [1.29, 1.82) is 0 Å². The summed E-state index contributed by atoms with van der Waals surface area (Å²) in [5.74, 6) is 0. The van der Waals surface area contributed by atoms with Crippen molar-refractivity contribution in [2.24, 2.45) is 0 Å².